The van der Waals surface area contributed by atoms with Gasteiger partial charge in [-0.05, 0) is 36.4 Å². The highest BCUT2D eigenvalue weighted by molar-refractivity contribution is 6.35. The summed E-state index contributed by atoms with van der Waals surface area (Å²) in [6.45, 7) is 0. The summed E-state index contributed by atoms with van der Waals surface area (Å²) in [7, 11) is 0. The van der Waals surface area contributed by atoms with Gasteiger partial charge in [0, 0.05) is 30.7 Å². The number of anilines is 1. The molecule has 1 amide bonds. The molecule has 11 heteroatoms. The number of para-hydroxylation sites is 1. The van der Waals surface area contributed by atoms with Crippen LogP contribution in [0, 0.1) is 0 Å². The first kappa shape index (κ1) is 24.4. The fraction of sp³-hybridized carbons (Fsp3) is 0.0769. The van der Waals surface area contributed by atoms with E-state index in [4.69, 9.17) is 23.2 Å². The number of nitrogens with zero attached hydrogens (tertiary/aromatic N) is 5. The molecule has 184 valence electrons. The lowest BCUT2D eigenvalue weighted by atomic mass is 10.1. The fourth-order valence-corrected chi connectivity index (χ4v) is 4.15. The number of rotatable bonds is 8. The van der Waals surface area contributed by atoms with Gasteiger partial charge in [0.25, 0.3) is 5.91 Å². The Labute approximate surface area is 221 Å². The molecular weight excluding hydrogens is 513 g/mol. The molecule has 0 bridgehead atoms. The van der Waals surface area contributed by atoms with Crippen molar-refractivity contribution in [2.24, 2.45) is 0 Å². The molecule has 0 spiro atoms. The van der Waals surface area contributed by atoms with Crippen molar-refractivity contribution in [3.63, 3.8) is 0 Å². The summed E-state index contributed by atoms with van der Waals surface area (Å²) in [5.41, 5.74) is 2.95. The van der Waals surface area contributed by atoms with Crippen LogP contribution in [0.25, 0.3) is 16.9 Å². The Balaban J connectivity index is 1.45. The molecule has 0 saturated carbocycles. The number of amides is 1. The first-order valence-electron chi connectivity index (χ1n) is 11.2. The summed E-state index contributed by atoms with van der Waals surface area (Å²) < 4.78 is 1.51. The van der Waals surface area contributed by atoms with Crippen LogP contribution in [-0.4, -0.2) is 41.9 Å². The van der Waals surface area contributed by atoms with Crippen molar-refractivity contribution < 1.29 is 9.59 Å². The van der Waals surface area contributed by atoms with Gasteiger partial charge in [-0.15, -0.1) is 0 Å². The Bertz CT molecular complexity index is 1570. The number of aryl methyl sites for hydroxylation is 1. The van der Waals surface area contributed by atoms with Crippen molar-refractivity contribution in [3.8, 4) is 16.9 Å². The highest BCUT2D eigenvalue weighted by atomic mass is 35.5. The third kappa shape index (κ3) is 5.42. The Hall–Kier alpha value is -4.34. The molecule has 0 aliphatic carbocycles. The number of carbonyl (C=O) groups is 2. The number of halogens is 2. The van der Waals surface area contributed by atoms with Crippen molar-refractivity contribution in [3.05, 3.63) is 106 Å². The molecule has 5 rings (SSSR count). The van der Waals surface area contributed by atoms with E-state index in [1.807, 2.05) is 30.3 Å². The van der Waals surface area contributed by atoms with Gasteiger partial charge in [0.15, 0.2) is 5.78 Å². The third-order valence-corrected chi connectivity index (χ3v) is 6.19. The molecule has 3 heterocycles. The second-order valence-corrected chi connectivity index (χ2v) is 8.84. The molecular formula is C26H19Cl2N7O2. The van der Waals surface area contributed by atoms with Crippen LogP contribution >= 0.6 is 23.2 Å². The minimum atomic E-state index is -0.474. The summed E-state index contributed by atoms with van der Waals surface area (Å²) in [4.78, 5) is 30.6. The van der Waals surface area contributed by atoms with Gasteiger partial charge in [0.05, 0.1) is 38.9 Å². The lowest BCUT2D eigenvalue weighted by Crippen LogP contribution is -2.15. The maximum Gasteiger partial charge on any atom is 0.258 e. The Morgan fingerprint density at radius 1 is 0.973 bits per heavy atom. The van der Waals surface area contributed by atoms with E-state index in [-0.39, 0.29) is 28.5 Å². The zero-order valence-electron chi connectivity index (χ0n) is 19.2. The van der Waals surface area contributed by atoms with Gasteiger partial charge in [-0.25, -0.2) is 4.68 Å². The van der Waals surface area contributed by atoms with Crippen LogP contribution in [0.15, 0.2) is 79.1 Å². The number of pyridine rings is 1. The average Bonchev–Trinajstić information content (AvgIpc) is 3.59. The first-order valence-corrected chi connectivity index (χ1v) is 12.0. The van der Waals surface area contributed by atoms with Crippen LogP contribution in [0.3, 0.4) is 0 Å². The third-order valence-electron chi connectivity index (χ3n) is 5.55. The zero-order chi connectivity index (χ0) is 25.8. The fourth-order valence-electron chi connectivity index (χ4n) is 3.72. The SMILES string of the molecule is O=C(CCc1cn[nH]n1)c1cc(NC(=O)c2cc(-c3ncccc3Cl)ccc2Cl)n(-c2ccccc2)n1. The van der Waals surface area contributed by atoms with E-state index in [1.165, 1.54) is 4.68 Å². The van der Waals surface area contributed by atoms with Crippen LogP contribution in [0.1, 0.15) is 33.0 Å². The topological polar surface area (TPSA) is 118 Å². The quantitative estimate of drug-likeness (QED) is 0.258. The lowest BCUT2D eigenvalue weighted by Gasteiger charge is -2.11. The Morgan fingerprint density at radius 3 is 2.57 bits per heavy atom. The molecule has 0 unspecified atom stereocenters. The molecule has 9 nitrogen and oxygen atoms in total. The Morgan fingerprint density at radius 2 is 1.81 bits per heavy atom. The van der Waals surface area contributed by atoms with Gasteiger partial charge in [0.1, 0.15) is 11.5 Å². The predicted octanol–water partition coefficient (Wildman–Crippen LogP) is 5.43. The summed E-state index contributed by atoms with van der Waals surface area (Å²) in [5.74, 6) is -0.353. The van der Waals surface area contributed by atoms with Crippen LogP contribution in [-0.2, 0) is 6.42 Å². The summed E-state index contributed by atoms with van der Waals surface area (Å²) in [6, 6.07) is 19.2. The van der Waals surface area contributed by atoms with Gasteiger partial charge in [-0.2, -0.15) is 20.5 Å². The van der Waals surface area contributed by atoms with Crippen molar-refractivity contribution in [1.82, 2.24) is 30.2 Å². The number of aromatic amines is 1. The molecule has 2 N–H and O–H groups in total. The average molecular weight is 532 g/mol. The maximum absolute atomic E-state index is 13.4. The molecule has 3 aromatic heterocycles. The number of aromatic nitrogens is 6. The van der Waals surface area contributed by atoms with Crippen molar-refractivity contribution in [1.29, 1.82) is 0 Å². The number of Topliss-reactive ketones (excluding diaryl/α,β-unsaturated/α-hetero) is 1. The van der Waals surface area contributed by atoms with E-state index < -0.39 is 5.91 Å². The van der Waals surface area contributed by atoms with Crippen LogP contribution in [0.2, 0.25) is 10.0 Å². The van der Waals surface area contributed by atoms with E-state index in [2.05, 4.69) is 30.8 Å². The first-order chi connectivity index (χ1) is 18.0. The van der Waals surface area contributed by atoms with E-state index in [9.17, 15) is 9.59 Å². The number of H-pyrrole nitrogens is 1. The number of carbonyl (C=O) groups excluding carboxylic acids is 2. The molecule has 0 aliphatic rings. The molecule has 37 heavy (non-hydrogen) atoms. The second kappa shape index (κ2) is 10.7. The lowest BCUT2D eigenvalue weighted by molar-refractivity contribution is 0.0976. The predicted molar refractivity (Wildman–Crippen MR) is 140 cm³/mol. The van der Waals surface area contributed by atoms with Crippen LogP contribution in [0.4, 0.5) is 5.82 Å². The largest absolute Gasteiger partial charge is 0.306 e. The van der Waals surface area contributed by atoms with E-state index >= 15 is 0 Å². The number of hydrogen-bond acceptors (Lipinski definition) is 6. The number of ketones is 1. The molecule has 0 aliphatic heterocycles. The van der Waals surface area contributed by atoms with Crippen LogP contribution in [0.5, 0.6) is 0 Å². The minimum absolute atomic E-state index is 0.185. The molecule has 0 atom stereocenters. The number of nitrogens with one attached hydrogen (secondary N) is 2. The van der Waals surface area contributed by atoms with E-state index in [1.54, 1.807) is 48.8 Å². The van der Waals surface area contributed by atoms with Crippen molar-refractivity contribution in [2.45, 2.75) is 12.8 Å². The summed E-state index contributed by atoms with van der Waals surface area (Å²) in [5, 5.41) is 18.3. The second-order valence-electron chi connectivity index (χ2n) is 8.03. The monoisotopic (exact) mass is 531 g/mol. The summed E-state index contributed by atoms with van der Waals surface area (Å²) in [6.07, 6.45) is 3.78. The summed E-state index contributed by atoms with van der Waals surface area (Å²) >= 11 is 12.7. The maximum atomic E-state index is 13.4. The highest BCUT2D eigenvalue weighted by Crippen LogP contribution is 2.29. The van der Waals surface area contributed by atoms with Gasteiger partial charge in [-0.3, -0.25) is 14.6 Å². The van der Waals surface area contributed by atoms with Crippen molar-refractivity contribution in [2.75, 3.05) is 5.32 Å². The minimum Gasteiger partial charge on any atom is -0.306 e. The molecule has 5 aromatic rings. The number of benzene rings is 2. The van der Waals surface area contributed by atoms with E-state index in [0.717, 1.165) is 0 Å². The molecule has 0 fully saturated rings. The molecule has 0 radical (unpaired) electrons. The smallest absolute Gasteiger partial charge is 0.258 e. The zero-order valence-corrected chi connectivity index (χ0v) is 20.7. The molecule has 2 aromatic carbocycles. The van der Waals surface area contributed by atoms with Gasteiger partial charge < -0.3 is 5.32 Å². The molecule has 0 saturated heterocycles. The standard InChI is InChI=1S/C26H19Cl2N7O2/c27-20-10-8-16(25-21(28)7-4-12-29-25)13-19(20)26(37)31-24-14-22(23(36)11-9-17-15-30-34-32-17)33-35(24)18-5-2-1-3-6-18/h1-8,10,12-15H,9,11H2,(H,31,37)(H,30,32,34). The van der Waals surface area contributed by atoms with Gasteiger partial charge in [0.2, 0.25) is 0 Å². The van der Waals surface area contributed by atoms with Crippen molar-refractivity contribution >= 4 is 40.7 Å². The highest BCUT2D eigenvalue weighted by Gasteiger charge is 2.20. The normalized spacial score (nSPS) is 10.9. The number of hydrogen-bond donors (Lipinski definition) is 2. The van der Waals surface area contributed by atoms with Gasteiger partial charge >= 0.3 is 0 Å². The van der Waals surface area contributed by atoms with Crippen LogP contribution < -0.4 is 5.32 Å². The van der Waals surface area contributed by atoms with Gasteiger partial charge in [-0.1, -0.05) is 47.5 Å². The Kier molecular flexibility index (Phi) is 7.07. The van der Waals surface area contributed by atoms with E-state index in [0.29, 0.717) is 39.9 Å².